The van der Waals surface area contributed by atoms with Gasteiger partial charge in [-0.25, -0.2) is 0 Å². The van der Waals surface area contributed by atoms with Crippen molar-refractivity contribution < 1.29 is 9.53 Å². The number of carbonyl (C=O) groups excluding carboxylic acids is 1. The lowest BCUT2D eigenvalue weighted by atomic mass is 9.54. The lowest BCUT2D eigenvalue weighted by Gasteiger charge is -2.54. The van der Waals surface area contributed by atoms with Crippen molar-refractivity contribution in [2.24, 2.45) is 23.7 Å². The van der Waals surface area contributed by atoms with Crippen LogP contribution in [0.15, 0.2) is 0 Å². The molecule has 4 bridgehead atoms. The van der Waals surface area contributed by atoms with Gasteiger partial charge in [0.1, 0.15) is 0 Å². The summed E-state index contributed by atoms with van der Waals surface area (Å²) in [6.45, 7) is 2.50. The minimum atomic E-state index is 0.245. The molecule has 0 radical (unpaired) electrons. The topological polar surface area (TPSA) is 41.6 Å². The predicted octanol–water partition coefficient (Wildman–Crippen LogP) is 2.04. The van der Waals surface area contributed by atoms with Gasteiger partial charge in [0.2, 0.25) is 5.91 Å². The van der Waals surface area contributed by atoms with E-state index in [9.17, 15) is 4.79 Å². The molecule has 1 N–H and O–H groups in total. The molecule has 4 heteroatoms. The maximum atomic E-state index is 12.5. The van der Waals surface area contributed by atoms with E-state index in [1.54, 1.807) is 7.11 Å². The minimum Gasteiger partial charge on any atom is -0.380 e. The molecule has 0 spiro atoms. The highest BCUT2D eigenvalue weighted by molar-refractivity contribution is 5.78. The largest absolute Gasteiger partial charge is 0.380 e. The zero-order valence-corrected chi connectivity index (χ0v) is 13.8. The van der Waals surface area contributed by atoms with Gasteiger partial charge >= 0.3 is 0 Å². The first-order valence-electron chi connectivity index (χ1n) is 9.25. The van der Waals surface area contributed by atoms with Gasteiger partial charge in [-0.2, -0.15) is 0 Å². The monoisotopic (exact) mass is 306 g/mol. The zero-order valence-electron chi connectivity index (χ0n) is 13.8. The average molecular weight is 306 g/mol. The summed E-state index contributed by atoms with van der Waals surface area (Å²) < 4.78 is 5.46. The van der Waals surface area contributed by atoms with Gasteiger partial charge in [-0.1, -0.05) is 0 Å². The van der Waals surface area contributed by atoms with E-state index in [-0.39, 0.29) is 5.91 Å². The molecule has 0 aromatic carbocycles. The number of hydrogen-bond acceptors (Lipinski definition) is 3. The summed E-state index contributed by atoms with van der Waals surface area (Å²) in [5.41, 5.74) is 0. The maximum Gasteiger partial charge on any atom is 0.234 e. The van der Waals surface area contributed by atoms with Gasteiger partial charge in [-0.05, 0) is 75.2 Å². The van der Waals surface area contributed by atoms with Crippen LogP contribution in [0.3, 0.4) is 0 Å². The van der Waals surface area contributed by atoms with E-state index in [4.69, 9.17) is 4.74 Å². The highest BCUT2D eigenvalue weighted by Crippen LogP contribution is 2.53. The summed E-state index contributed by atoms with van der Waals surface area (Å²) in [6.07, 6.45) is 9.53. The molecular weight excluding hydrogens is 276 g/mol. The Balaban J connectivity index is 1.31. The number of nitrogens with one attached hydrogen (secondary N) is 1. The van der Waals surface area contributed by atoms with Crippen LogP contribution in [0, 0.1) is 23.7 Å². The Labute approximate surface area is 134 Å². The molecule has 1 heterocycles. The highest BCUT2D eigenvalue weighted by atomic mass is 16.5. The van der Waals surface area contributed by atoms with Crippen molar-refractivity contribution >= 4 is 5.91 Å². The Morgan fingerprint density at radius 2 is 1.82 bits per heavy atom. The number of nitrogens with zero attached hydrogens (tertiary/aromatic N) is 1. The van der Waals surface area contributed by atoms with Crippen molar-refractivity contribution in [2.45, 2.75) is 57.1 Å². The number of ether oxygens (including phenoxy) is 1. The average Bonchev–Trinajstić information content (AvgIpc) is 2.50. The second-order valence-corrected chi connectivity index (χ2v) is 8.26. The van der Waals surface area contributed by atoms with E-state index in [0.717, 1.165) is 49.6 Å². The molecule has 4 aliphatic carbocycles. The van der Waals surface area contributed by atoms with Crippen LogP contribution in [0.4, 0.5) is 0 Å². The van der Waals surface area contributed by atoms with Gasteiger partial charge in [0.15, 0.2) is 0 Å². The third-order valence-electron chi connectivity index (χ3n) is 6.72. The summed E-state index contributed by atoms with van der Waals surface area (Å²) in [4.78, 5) is 14.8. The first kappa shape index (κ1) is 14.9. The molecule has 0 aromatic rings. The third-order valence-corrected chi connectivity index (χ3v) is 6.72. The molecule has 22 heavy (non-hydrogen) atoms. The van der Waals surface area contributed by atoms with Crippen LogP contribution in [0.25, 0.3) is 0 Å². The van der Waals surface area contributed by atoms with Crippen LogP contribution < -0.4 is 5.32 Å². The van der Waals surface area contributed by atoms with Gasteiger partial charge in [0.05, 0.1) is 12.6 Å². The molecule has 1 amide bonds. The first-order valence-corrected chi connectivity index (χ1v) is 9.25. The Bertz CT molecular complexity index is 397. The molecule has 5 rings (SSSR count). The summed E-state index contributed by atoms with van der Waals surface area (Å²) in [6, 6.07) is 0.475. The van der Waals surface area contributed by atoms with Gasteiger partial charge in [0, 0.05) is 19.7 Å². The smallest absolute Gasteiger partial charge is 0.234 e. The van der Waals surface area contributed by atoms with Crippen LogP contribution in [0.2, 0.25) is 0 Å². The van der Waals surface area contributed by atoms with E-state index in [1.807, 2.05) is 0 Å². The molecule has 0 aromatic heterocycles. The van der Waals surface area contributed by atoms with Gasteiger partial charge in [-0.3, -0.25) is 9.69 Å². The Morgan fingerprint density at radius 1 is 1.14 bits per heavy atom. The number of piperidine rings is 1. The Morgan fingerprint density at radius 3 is 2.45 bits per heavy atom. The van der Waals surface area contributed by atoms with Crippen LogP contribution >= 0.6 is 0 Å². The normalized spacial score (nSPS) is 44.2. The number of methoxy groups -OCH3 is 1. The Kier molecular flexibility index (Phi) is 4.16. The van der Waals surface area contributed by atoms with Crippen molar-refractivity contribution in [1.29, 1.82) is 0 Å². The highest BCUT2D eigenvalue weighted by Gasteiger charge is 2.48. The van der Waals surface area contributed by atoms with Crippen molar-refractivity contribution in [3.05, 3.63) is 0 Å². The first-order chi connectivity index (χ1) is 10.7. The van der Waals surface area contributed by atoms with Crippen molar-refractivity contribution in [3.63, 3.8) is 0 Å². The molecule has 1 aliphatic heterocycles. The molecule has 124 valence electrons. The van der Waals surface area contributed by atoms with E-state index in [2.05, 4.69) is 10.2 Å². The van der Waals surface area contributed by atoms with Crippen molar-refractivity contribution in [3.8, 4) is 0 Å². The van der Waals surface area contributed by atoms with E-state index in [1.165, 1.54) is 32.1 Å². The van der Waals surface area contributed by atoms with Crippen LogP contribution in [-0.4, -0.2) is 49.7 Å². The quantitative estimate of drug-likeness (QED) is 0.864. The fourth-order valence-electron chi connectivity index (χ4n) is 5.94. The Hall–Kier alpha value is -0.610. The van der Waals surface area contributed by atoms with Gasteiger partial charge < -0.3 is 10.1 Å². The standard InChI is InChI=1S/C18H30N2O2/c1-22-16-3-2-4-20(10-16)11-17(21)19-18-14-6-12-5-13(8-14)9-15(18)7-12/h12-16,18H,2-11H2,1H3,(H,19,21). The fourth-order valence-corrected chi connectivity index (χ4v) is 5.94. The third kappa shape index (κ3) is 2.92. The van der Waals surface area contributed by atoms with E-state index < -0.39 is 0 Å². The van der Waals surface area contributed by atoms with E-state index >= 15 is 0 Å². The zero-order chi connectivity index (χ0) is 15.1. The van der Waals surface area contributed by atoms with E-state index in [0.29, 0.717) is 18.7 Å². The lowest BCUT2D eigenvalue weighted by Crippen LogP contribution is -2.57. The van der Waals surface area contributed by atoms with Crippen LogP contribution in [0.5, 0.6) is 0 Å². The van der Waals surface area contributed by atoms with Crippen molar-refractivity contribution in [1.82, 2.24) is 10.2 Å². The lowest BCUT2D eigenvalue weighted by molar-refractivity contribution is -0.127. The summed E-state index contributed by atoms with van der Waals surface area (Å²) in [5, 5.41) is 3.42. The summed E-state index contributed by atoms with van der Waals surface area (Å²) in [7, 11) is 1.78. The molecule has 5 fully saturated rings. The summed E-state index contributed by atoms with van der Waals surface area (Å²) >= 11 is 0. The number of hydrogen-bond donors (Lipinski definition) is 1. The minimum absolute atomic E-state index is 0.245. The molecule has 4 saturated carbocycles. The molecular formula is C18H30N2O2. The number of carbonyl (C=O) groups is 1. The summed E-state index contributed by atoms with van der Waals surface area (Å²) in [5.74, 6) is 3.73. The van der Waals surface area contributed by atoms with Crippen molar-refractivity contribution in [2.75, 3.05) is 26.7 Å². The second-order valence-electron chi connectivity index (χ2n) is 8.26. The maximum absolute atomic E-state index is 12.5. The SMILES string of the molecule is COC1CCCN(CC(=O)NC2C3CC4CC(C3)CC2C4)C1. The molecule has 1 saturated heterocycles. The number of amides is 1. The van der Waals surface area contributed by atoms with Crippen LogP contribution in [0.1, 0.15) is 44.9 Å². The molecule has 5 aliphatic rings. The fraction of sp³-hybridized carbons (Fsp3) is 0.944. The number of rotatable bonds is 4. The molecule has 1 unspecified atom stereocenters. The number of likely N-dealkylation sites (tertiary alicyclic amines) is 1. The second kappa shape index (κ2) is 6.12. The molecule has 4 nitrogen and oxygen atoms in total. The predicted molar refractivity (Wildman–Crippen MR) is 85.4 cm³/mol. The van der Waals surface area contributed by atoms with Gasteiger partial charge in [0.25, 0.3) is 0 Å². The van der Waals surface area contributed by atoms with Gasteiger partial charge in [-0.15, -0.1) is 0 Å². The van der Waals surface area contributed by atoms with Crippen LogP contribution in [-0.2, 0) is 9.53 Å². The molecule has 1 atom stereocenters.